The van der Waals surface area contributed by atoms with Crippen molar-refractivity contribution in [3.05, 3.63) is 15.6 Å². The first kappa shape index (κ1) is 14.5. The van der Waals surface area contributed by atoms with Gasteiger partial charge in [-0.05, 0) is 44.4 Å². The highest BCUT2D eigenvalue weighted by Crippen LogP contribution is 2.36. The largest absolute Gasteiger partial charge is 0.319 e. The molecule has 20 heavy (non-hydrogen) atoms. The molecule has 0 bridgehead atoms. The Hall–Kier alpha value is -0.450. The van der Waals surface area contributed by atoms with E-state index in [4.69, 9.17) is 10.7 Å². The van der Waals surface area contributed by atoms with Gasteiger partial charge >= 0.3 is 0 Å². The molecular weight excluding hydrogens is 266 g/mol. The van der Waals surface area contributed by atoms with Crippen LogP contribution in [0.25, 0.3) is 0 Å². The number of likely N-dealkylation sites (tertiary alicyclic amines) is 1. The summed E-state index contributed by atoms with van der Waals surface area (Å²) >= 11 is 1.90. The van der Waals surface area contributed by atoms with Gasteiger partial charge in [0, 0.05) is 24.5 Å². The lowest BCUT2D eigenvalue weighted by atomic mass is 9.89. The van der Waals surface area contributed by atoms with E-state index in [1.807, 2.05) is 11.3 Å². The molecular formula is C16H27N3S. The van der Waals surface area contributed by atoms with Gasteiger partial charge in [0.1, 0.15) is 5.01 Å². The van der Waals surface area contributed by atoms with Crippen molar-refractivity contribution in [2.45, 2.75) is 57.9 Å². The molecule has 2 N–H and O–H groups in total. The highest BCUT2D eigenvalue weighted by molar-refractivity contribution is 7.11. The van der Waals surface area contributed by atoms with Crippen LogP contribution in [-0.2, 0) is 18.4 Å². The Morgan fingerprint density at radius 2 is 1.95 bits per heavy atom. The zero-order chi connectivity index (χ0) is 14.2. The normalized spacial score (nSPS) is 23.0. The third kappa shape index (κ3) is 2.92. The number of rotatable bonds is 3. The van der Waals surface area contributed by atoms with Crippen LogP contribution >= 0.6 is 11.3 Å². The van der Waals surface area contributed by atoms with Crippen molar-refractivity contribution in [2.24, 2.45) is 11.7 Å². The maximum atomic E-state index is 6.71. The number of hydrogen-bond acceptors (Lipinski definition) is 4. The van der Waals surface area contributed by atoms with Gasteiger partial charge in [0.2, 0.25) is 0 Å². The third-order valence-electron chi connectivity index (χ3n) is 4.64. The predicted molar refractivity (Wildman–Crippen MR) is 85.1 cm³/mol. The van der Waals surface area contributed by atoms with Gasteiger partial charge in [-0.3, -0.25) is 0 Å². The van der Waals surface area contributed by atoms with Gasteiger partial charge in [0.25, 0.3) is 0 Å². The van der Waals surface area contributed by atoms with Crippen LogP contribution in [0.3, 0.4) is 0 Å². The summed E-state index contributed by atoms with van der Waals surface area (Å²) < 4.78 is 0. The van der Waals surface area contributed by atoms with Crippen molar-refractivity contribution in [3.63, 3.8) is 0 Å². The highest BCUT2D eigenvalue weighted by atomic mass is 32.1. The lowest BCUT2D eigenvalue weighted by Crippen LogP contribution is -2.48. The van der Waals surface area contributed by atoms with E-state index < -0.39 is 0 Å². The van der Waals surface area contributed by atoms with Gasteiger partial charge in [-0.2, -0.15) is 0 Å². The molecule has 4 heteroatoms. The summed E-state index contributed by atoms with van der Waals surface area (Å²) in [6.07, 6.45) is 7.15. The molecule has 0 radical (unpaired) electrons. The Morgan fingerprint density at radius 1 is 1.25 bits per heavy atom. The van der Waals surface area contributed by atoms with Crippen LogP contribution in [0.1, 0.15) is 55.1 Å². The minimum absolute atomic E-state index is 0.157. The molecule has 3 nitrogen and oxygen atoms in total. The molecule has 0 spiro atoms. The number of hydrogen-bond donors (Lipinski definition) is 1. The van der Waals surface area contributed by atoms with Gasteiger partial charge in [-0.1, -0.05) is 13.8 Å². The number of piperidine rings is 1. The summed E-state index contributed by atoms with van der Waals surface area (Å²) in [5, 5.41) is 1.22. The minimum Gasteiger partial charge on any atom is -0.319 e. The van der Waals surface area contributed by atoms with Crippen LogP contribution in [0.5, 0.6) is 0 Å². The Kier molecular flexibility index (Phi) is 4.16. The maximum Gasteiger partial charge on any atom is 0.113 e. The molecule has 1 aromatic rings. The molecule has 0 saturated carbocycles. The zero-order valence-corrected chi connectivity index (χ0v) is 13.6. The number of aromatic nitrogens is 1. The van der Waals surface area contributed by atoms with Gasteiger partial charge in [0.15, 0.2) is 0 Å². The number of fused-ring (bicyclic) bond motifs is 1. The van der Waals surface area contributed by atoms with E-state index in [1.54, 1.807) is 0 Å². The molecule has 2 aliphatic rings. The number of nitrogens with zero attached hydrogens (tertiary/aromatic N) is 2. The van der Waals surface area contributed by atoms with E-state index in [2.05, 4.69) is 18.7 Å². The molecule has 1 aliphatic carbocycles. The lowest BCUT2D eigenvalue weighted by Gasteiger charge is -2.38. The van der Waals surface area contributed by atoms with Gasteiger partial charge in [0.05, 0.1) is 11.2 Å². The van der Waals surface area contributed by atoms with Crippen LogP contribution in [0.4, 0.5) is 0 Å². The molecule has 1 aliphatic heterocycles. The number of aryl methyl sites for hydroxylation is 2. The molecule has 3 rings (SSSR count). The third-order valence-corrected chi connectivity index (χ3v) is 6.02. The van der Waals surface area contributed by atoms with Crippen molar-refractivity contribution in [3.8, 4) is 0 Å². The second-order valence-corrected chi connectivity index (χ2v) is 8.03. The Labute approximate surface area is 126 Å². The molecule has 0 unspecified atom stereocenters. The molecule has 0 atom stereocenters. The summed E-state index contributed by atoms with van der Waals surface area (Å²) in [6.45, 7) is 8.03. The highest BCUT2D eigenvalue weighted by Gasteiger charge is 2.36. The summed E-state index contributed by atoms with van der Waals surface area (Å²) in [7, 11) is 0. The van der Waals surface area contributed by atoms with E-state index in [0.717, 1.165) is 31.8 Å². The van der Waals surface area contributed by atoms with Crippen molar-refractivity contribution >= 4 is 11.3 Å². The average Bonchev–Trinajstić information content (AvgIpc) is 2.86. The van der Waals surface area contributed by atoms with E-state index in [9.17, 15) is 0 Å². The predicted octanol–water partition coefficient (Wildman–Crippen LogP) is 2.93. The standard InChI is InChI=1S/C16H27N3S/c1-12(2)11-19-9-7-16(17,8-10-19)15-18-13-5-3-4-6-14(13)20-15/h12H,3-11,17H2,1-2H3. The first-order chi connectivity index (χ1) is 9.57. The molecule has 2 heterocycles. The fourth-order valence-corrected chi connectivity index (χ4v) is 4.74. The zero-order valence-electron chi connectivity index (χ0n) is 12.8. The van der Waals surface area contributed by atoms with Crippen LogP contribution in [0.2, 0.25) is 0 Å². The Balaban J connectivity index is 1.69. The molecule has 1 fully saturated rings. The van der Waals surface area contributed by atoms with E-state index in [0.29, 0.717) is 0 Å². The van der Waals surface area contributed by atoms with Gasteiger partial charge < -0.3 is 10.6 Å². The van der Waals surface area contributed by atoms with Crippen molar-refractivity contribution in [2.75, 3.05) is 19.6 Å². The topological polar surface area (TPSA) is 42.1 Å². The van der Waals surface area contributed by atoms with Crippen LogP contribution in [0, 0.1) is 5.92 Å². The average molecular weight is 293 g/mol. The smallest absolute Gasteiger partial charge is 0.113 e. The summed E-state index contributed by atoms with van der Waals surface area (Å²) in [5.41, 5.74) is 7.90. The number of thiazole rings is 1. The molecule has 112 valence electrons. The SMILES string of the molecule is CC(C)CN1CCC(N)(c2nc3c(s2)CCCC3)CC1. The quantitative estimate of drug-likeness (QED) is 0.931. The summed E-state index contributed by atoms with van der Waals surface area (Å²) in [4.78, 5) is 8.98. The maximum absolute atomic E-state index is 6.71. The molecule has 0 aromatic carbocycles. The second-order valence-electron chi connectivity index (χ2n) is 6.95. The van der Waals surface area contributed by atoms with Gasteiger partial charge in [-0.15, -0.1) is 11.3 Å². The van der Waals surface area contributed by atoms with Crippen molar-refractivity contribution in [1.82, 2.24) is 9.88 Å². The Morgan fingerprint density at radius 3 is 2.60 bits per heavy atom. The van der Waals surface area contributed by atoms with Crippen molar-refractivity contribution < 1.29 is 0 Å². The van der Waals surface area contributed by atoms with Crippen LogP contribution in [0.15, 0.2) is 0 Å². The molecule has 0 amide bonds. The molecule has 1 saturated heterocycles. The van der Waals surface area contributed by atoms with Crippen LogP contribution < -0.4 is 5.73 Å². The first-order valence-electron chi connectivity index (χ1n) is 8.07. The monoisotopic (exact) mass is 293 g/mol. The summed E-state index contributed by atoms with van der Waals surface area (Å²) in [5.74, 6) is 0.743. The first-order valence-corrected chi connectivity index (χ1v) is 8.89. The minimum atomic E-state index is -0.157. The lowest BCUT2D eigenvalue weighted by molar-refractivity contribution is 0.148. The fourth-order valence-electron chi connectivity index (χ4n) is 3.43. The summed E-state index contributed by atoms with van der Waals surface area (Å²) in [6, 6.07) is 0. The van der Waals surface area contributed by atoms with E-state index in [-0.39, 0.29) is 5.54 Å². The number of nitrogens with two attached hydrogens (primary N) is 1. The van der Waals surface area contributed by atoms with Crippen molar-refractivity contribution in [1.29, 1.82) is 0 Å². The Bertz CT molecular complexity index is 435. The fraction of sp³-hybridized carbons (Fsp3) is 0.812. The molecule has 1 aromatic heterocycles. The van der Waals surface area contributed by atoms with E-state index >= 15 is 0 Å². The van der Waals surface area contributed by atoms with Gasteiger partial charge in [-0.25, -0.2) is 4.98 Å². The van der Waals surface area contributed by atoms with E-state index in [1.165, 1.54) is 47.8 Å². The second kappa shape index (κ2) is 5.74. The van der Waals surface area contributed by atoms with Crippen LogP contribution in [-0.4, -0.2) is 29.5 Å².